The third-order valence-corrected chi connectivity index (χ3v) is 5.38. The van der Waals surface area contributed by atoms with Gasteiger partial charge < -0.3 is 9.30 Å². The first-order chi connectivity index (χ1) is 9.98. The first-order valence-corrected chi connectivity index (χ1v) is 8.65. The summed E-state index contributed by atoms with van der Waals surface area (Å²) in [6.45, 7) is 7.35. The van der Waals surface area contributed by atoms with E-state index in [2.05, 4.69) is 53.4 Å². The summed E-state index contributed by atoms with van der Waals surface area (Å²) in [6, 6.07) is 6.61. The number of ether oxygens (including phenoxy) is 1. The molecule has 5 heteroatoms. The molecule has 1 saturated carbocycles. The molecule has 2 atom stereocenters. The maximum Gasteiger partial charge on any atom is 0.125 e. The number of imidazole rings is 1. The van der Waals surface area contributed by atoms with Crippen LogP contribution in [0, 0.1) is 5.41 Å². The number of hydrogen-bond acceptors (Lipinski definition) is 2. The van der Waals surface area contributed by atoms with Crippen LogP contribution in [0.1, 0.15) is 39.1 Å². The molecule has 0 spiro atoms. The maximum absolute atomic E-state index is 6.13. The lowest BCUT2D eigenvalue weighted by atomic mass is 9.64. The fraction of sp³-hybridized carbons (Fsp3) is 0.562. The largest absolute Gasteiger partial charge is 0.378 e. The SMILES string of the molecule is CCOC1CC(n2c(CCl)nc3cc(Br)ccc32)C1(C)C. The number of benzene rings is 1. The lowest BCUT2D eigenvalue weighted by Crippen LogP contribution is -2.51. The molecule has 1 heterocycles. The van der Waals surface area contributed by atoms with Crippen molar-refractivity contribution in [3.8, 4) is 0 Å². The predicted molar refractivity (Wildman–Crippen MR) is 89.8 cm³/mol. The highest BCUT2D eigenvalue weighted by Gasteiger charge is 2.50. The van der Waals surface area contributed by atoms with Gasteiger partial charge in [-0.05, 0) is 31.5 Å². The van der Waals surface area contributed by atoms with Crippen LogP contribution in [-0.4, -0.2) is 22.3 Å². The molecule has 3 rings (SSSR count). The number of aromatic nitrogens is 2. The van der Waals surface area contributed by atoms with E-state index >= 15 is 0 Å². The highest BCUT2D eigenvalue weighted by molar-refractivity contribution is 9.10. The Morgan fingerprint density at radius 1 is 1.48 bits per heavy atom. The zero-order valence-electron chi connectivity index (χ0n) is 12.6. The molecule has 0 N–H and O–H groups in total. The zero-order chi connectivity index (χ0) is 15.2. The van der Waals surface area contributed by atoms with Gasteiger partial charge >= 0.3 is 0 Å². The molecule has 3 nitrogen and oxygen atoms in total. The van der Waals surface area contributed by atoms with Gasteiger partial charge in [-0.1, -0.05) is 29.8 Å². The topological polar surface area (TPSA) is 27.1 Å². The fourth-order valence-corrected chi connectivity index (χ4v) is 3.89. The summed E-state index contributed by atoms with van der Waals surface area (Å²) in [5.74, 6) is 1.37. The summed E-state index contributed by atoms with van der Waals surface area (Å²) in [7, 11) is 0. The van der Waals surface area contributed by atoms with Crippen molar-refractivity contribution >= 4 is 38.6 Å². The van der Waals surface area contributed by atoms with Crippen molar-refractivity contribution in [2.45, 2.75) is 45.2 Å². The Balaban J connectivity index is 2.05. The number of hydrogen-bond donors (Lipinski definition) is 0. The molecule has 1 aromatic carbocycles. The van der Waals surface area contributed by atoms with Gasteiger partial charge in [-0.3, -0.25) is 0 Å². The van der Waals surface area contributed by atoms with Gasteiger partial charge in [-0.25, -0.2) is 4.98 Å². The Morgan fingerprint density at radius 2 is 2.24 bits per heavy atom. The highest BCUT2D eigenvalue weighted by atomic mass is 79.9. The van der Waals surface area contributed by atoms with Crippen LogP contribution in [0.25, 0.3) is 11.0 Å². The molecule has 0 bridgehead atoms. The molecular formula is C16H20BrClN2O. The maximum atomic E-state index is 6.13. The van der Waals surface area contributed by atoms with Crippen molar-refractivity contribution in [3.05, 3.63) is 28.5 Å². The Labute approximate surface area is 138 Å². The van der Waals surface area contributed by atoms with Crippen LogP contribution >= 0.6 is 27.5 Å². The Hall–Kier alpha value is -0.580. The van der Waals surface area contributed by atoms with Gasteiger partial charge in [-0.2, -0.15) is 0 Å². The van der Waals surface area contributed by atoms with Crippen molar-refractivity contribution in [2.75, 3.05) is 6.61 Å². The summed E-state index contributed by atoms with van der Waals surface area (Å²) in [6.07, 6.45) is 1.33. The molecule has 2 unspecified atom stereocenters. The summed E-state index contributed by atoms with van der Waals surface area (Å²) in [5.41, 5.74) is 2.25. The summed E-state index contributed by atoms with van der Waals surface area (Å²) in [5, 5.41) is 0. The number of nitrogens with zero attached hydrogens (tertiary/aromatic N) is 2. The van der Waals surface area contributed by atoms with Gasteiger partial charge in [0.25, 0.3) is 0 Å². The first-order valence-electron chi connectivity index (χ1n) is 7.33. The molecule has 2 aromatic rings. The minimum atomic E-state index is 0.0948. The smallest absolute Gasteiger partial charge is 0.125 e. The standard InChI is InChI=1S/C16H20BrClN2O/c1-4-21-14-8-13(16(14,2)3)20-12-6-5-10(17)7-11(12)19-15(20)9-18/h5-7,13-14H,4,8-9H2,1-3H3. The monoisotopic (exact) mass is 370 g/mol. The van der Waals surface area contributed by atoms with E-state index < -0.39 is 0 Å². The number of fused-ring (bicyclic) bond motifs is 1. The highest BCUT2D eigenvalue weighted by Crippen LogP contribution is 2.52. The summed E-state index contributed by atoms with van der Waals surface area (Å²) in [4.78, 5) is 4.69. The molecule has 114 valence electrons. The van der Waals surface area contributed by atoms with Crippen molar-refractivity contribution in [1.29, 1.82) is 0 Å². The molecule has 0 radical (unpaired) electrons. The second-order valence-corrected chi connectivity index (χ2v) is 7.36. The summed E-state index contributed by atoms with van der Waals surface area (Å²) < 4.78 is 9.20. The Kier molecular flexibility index (Phi) is 4.06. The van der Waals surface area contributed by atoms with E-state index in [0.29, 0.717) is 18.0 Å². The molecule has 0 saturated heterocycles. The second kappa shape index (κ2) is 5.56. The van der Waals surface area contributed by atoms with Crippen molar-refractivity contribution in [2.24, 2.45) is 5.41 Å². The predicted octanol–water partition coefficient (Wildman–Crippen LogP) is 4.91. The van der Waals surface area contributed by atoms with E-state index in [1.165, 1.54) is 0 Å². The second-order valence-electron chi connectivity index (χ2n) is 6.18. The van der Waals surface area contributed by atoms with E-state index in [1.54, 1.807) is 0 Å². The zero-order valence-corrected chi connectivity index (χ0v) is 14.9. The summed E-state index contributed by atoms with van der Waals surface area (Å²) >= 11 is 9.64. The van der Waals surface area contributed by atoms with E-state index in [-0.39, 0.29) is 5.41 Å². The van der Waals surface area contributed by atoms with Crippen LogP contribution in [-0.2, 0) is 10.6 Å². The van der Waals surface area contributed by atoms with Gasteiger partial charge in [-0.15, -0.1) is 11.6 Å². The molecular weight excluding hydrogens is 352 g/mol. The molecule has 1 aliphatic carbocycles. The van der Waals surface area contributed by atoms with Crippen LogP contribution in [0.2, 0.25) is 0 Å². The van der Waals surface area contributed by atoms with Gasteiger partial charge in [0.1, 0.15) is 5.82 Å². The Bertz CT molecular complexity index is 668. The average Bonchev–Trinajstić information content (AvgIpc) is 2.80. The van der Waals surface area contributed by atoms with Gasteiger partial charge in [0.15, 0.2) is 0 Å². The third kappa shape index (κ3) is 2.41. The minimum Gasteiger partial charge on any atom is -0.378 e. The van der Waals surface area contributed by atoms with E-state index in [9.17, 15) is 0 Å². The molecule has 21 heavy (non-hydrogen) atoms. The number of rotatable bonds is 4. The third-order valence-electron chi connectivity index (χ3n) is 4.65. The number of alkyl halides is 1. The van der Waals surface area contributed by atoms with Gasteiger partial charge in [0.05, 0.1) is 23.0 Å². The quantitative estimate of drug-likeness (QED) is 0.714. The lowest BCUT2D eigenvalue weighted by molar-refractivity contribution is -0.127. The van der Waals surface area contributed by atoms with Crippen LogP contribution in [0.5, 0.6) is 0 Å². The van der Waals surface area contributed by atoms with Crippen LogP contribution in [0.3, 0.4) is 0 Å². The van der Waals surface area contributed by atoms with Crippen LogP contribution in [0.15, 0.2) is 22.7 Å². The average molecular weight is 372 g/mol. The van der Waals surface area contributed by atoms with E-state index in [4.69, 9.17) is 21.3 Å². The van der Waals surface area contributed by atoms with Crippen LogP contribution in [0.4, 0.5) is 0 Å². The molecule has 0 amide bonds. The first kappa shape index (κ1) is 15.3. The van der Waals surface area contributed by atoms with E-state index in [1.807, 2.05) is 6.07 Å². The van der Waals surface area contributed by atoms with Crippen LogP contribution < -0.4 is 0 Å². The number of halogens is 2. The van der Waals surface area contributed by atoms with Crippen molar-refractivity contribution in [1.82, 2.24) is 9.55 Å². The normalized spacial score (nSPS) is 24.2. The lowest BCUT2D eigenvalue weighted by Gasteiger charge is -2.52. The molecule has 1 aromatic heterocycles. The minimum absolute atomic E-state index is 0.0948. The van der Waals surface area contributed by atoms with Crippen molar-refractivity contribution < 1.29 is 4.74 Å². The molecule has 0 aliphatic heterocycles. The molecule has 1 fully saturated rings. The van der Waals surface area contributed by atoms with Gasteiger partial charge in [0.2, 0.25) is 0 Å². The Morgan fingerprint density at radius 3 is 2.86 bits per heavy atom. The molecule has 1 aliphatic rings. The van der Waals surface area contributed by atoms with E-state index in [0.717, 1.165) is 34.4 Å². The van der Waals surface area contributed by atoms with Gasteiger partial charge in [0, 0.05) is 22.5 Å². The van der Waals surface area contributed by atoms with Crippen molar-refractivity contribution in [3.63, 3.8) is 0 Å². The fourth-order valence-electron chi connectivity index (χ4n) is 3.35.